The minimum absolute atomic E-state index is 0.0249. The molecule has 5 heteroatoms. The lowest BCUT2D eigenvalue weighted by atomic mass is 9.96. The summed E-state index contributed by atoms with van der Waals surface area (Å²) in [5, 5.41) is 5.03. The zero-order valence-corrected chi connectivity index (χ0v) is 11.7. The summed E-state index contributed by atoms with van der Waals surface area (Å²) in [4.78, 5) is 12.1. The second-order valence-corrected chi connectivity index (χ2v) is 5.23. The van der Waals surface area contributed by atoms with Gasteiger partial charge in [0.2, 0.25) is 0 Å². The summed E-state index contributed by atoms with van der Waals surface area (Å²) >= 11 is 0. The summed E-state index contributed by atoms with van der Waals surface area (Å²) < 4.78 is 5.19. The molecule has 5 nitrogen and oxygen atoms in total. The molecule has 1 aliphatic heterocycles. The first-order valence-electron chi connectivity index (χ1n) is 6.18. The quantitative estimate of drug-likeness (QED) is 0.764. The Morgan fingerprint density at radius 3 is 2.59 bits per heavy atom. The van der Waals surface area contributed by atoms with Crippen molar-refractivity contribution < 1.29 is 9.53 Å². The van der Waals surface area contributed by atoms with Gasteiger partial charge in [-0.15, -0.1) is 0 Å². The van der Waals surface area contributed by atoms with Crippen LogP contribution in [0.3, 0.4) is 0 Å². The number of carbonyl (C=O) groups excluding carboxylic acids is 1. The maximum absolute atomic E-state index is 12.1. The van der Waals surface area contributed by atoms with E-state index in [0.717, 1.165) is 6.42 Å². The van der Waals surface area contributed by atoms with E-state index in [1.54, 1.807) is 21.0 Å². The predicted molar refractivity (Wildman–Crippen MR) is 67.2 cm³/mol. The third-order valence-electron chi connectivity index (χ3n) is 3.68. The summed E-state index contributed by atoms with van der Waals surface area (Å²) in [6.07, 6.45) is 1.05. The standard InChI is InChI=1S/C12H25N3O2/c1-7-9-8(2)14-15(5)10(9)13-11(16)12(3,4)17-6/h8-10,14H,7H2,1-6H3,(H,13,16). The van der Waals surface area contributed by atoms with Crippen molar-refractivity contribution in [1.29, 1.82) is 0 Å². The lowest BCUT2D eigenvalue weighted by Gasteiger charge is -2.29. The van der Waals surface area contributed by atoms with Gasteiger partial charge in [0, 0.05) is 26.1 Å². The Labute approximate surface area is 104 Å². The molecule has 0 aromatic heterocycles. The zero-order chi connectivity index (χ0) is 13.2. The second kappa shape index (κ2) is 5.33. The van der Waals surface area contributed by atoms with Crippen molar-refractivity contribution in [2.45, 2.75) is 51.9 Å². The third kappa shape index (κ3) is 2.97. The maximum atomic E-state index is 12.1. The number of amides is 1. The van der Waals surface area contributed by atoms with Crippen molar-refractivity contribution in [2.24, 2.45) is 5.92 Å². The van der Waals surface area contributed by atoms with E-state index in [-0.39, 0.29) is 12.1 Å². The number of carbonyl (C=O) groups is 1. The van der Waals surface area contributed by atoms with Crippen molar-refractivity contribution in [2.75, 3.05) is 14.2 Å². The summed E-state index contributed by atoms with van der Waals surface area (Å²) in [6.45, 7) is 7.82. The molecule has 0 radical (unpaired) electrons. The minimum Gasteiger partial charge on any atom is -0.369 e. The summed E-state index contributed by atoms with van der Waals surface area (Å²) in [5.41, 5.74) is 2.53. The molecule has 0 aromatic carbocycles. The van der Waals surface area contributed by atoms with Crippen LogP contribution in [0.5, 0.6) is 0 Å². The fourth-order valence-corrected chi connectivity index (χ4v) is 2.24. The van der Waals surface area contributed by atoms with Crippen LogP contribution < -0.4 is 10.7 Å². The molecule has 0 aliphatic carbocycles. The number of rotatable bonds is 4. The van der Waals surface area contributed by atoms with Gasteiger partial charge in [0.15, 0.2) is 0 Å². The molecule has 100 valence electrons. The highest BCUT2D eigenvalue weighted by Crippen LogP contribution is 2.22. The molecule has 0 aromatic rings. The van der Waals surface area contributed by atoms with Crippen molar-refractivity contribution in [1.82, 2.24) is 15.8 Å². The first-order chi connectivity index (χ1) is 7.83. The van der Waals surface area contributed by atoms with Gasteiger partial charge < -0.3 is 10.1 Å². The van der Waals surface area contributed by atoms with Gasteiger partial charge in [-0.1, -0.05) is 6.92 Å². The third-order valence-corrected chi connectivity index (χ3v) is 3.68. The lowest BCUT2D eigenvalue weighted by molar-refractivity contribution is -0.141. The van der Waals surface area contributed by atoms with E-state index in [1.165, 1.54) is 0 Å². The second-order valence-electron chi connectivity index (χ2n) is 5.23. The van der Waals surface area contributed by atoms with Crippen LogP contribution in [0.25, 0.3) is 0 Å². The molecule has 1 amide bonds. The van der Waals surface area contributed by atoms with Gasteiger partial charge in [-0.25, -0.2) is 5.01 Å². The Morgan fingerprint density at radius 2 is 2.12 bits per heavy atom. The Balaban J connectivity index is 2.70. The lowest BCUT2D eigenvalue weighted by Crippen LogP contribution is -2.54. The molecule has 3 unspecified atom stereocenters. The highest BCUT2D eigenvalue weighted by Gasteiger charge is 2.39. The molecule has 1 fully saturated rings. The molecule has 1 heterocycles. The van der Waals surface area contributed by atoms with Crippen LogP contribution in [0.2, 0.25) is 0 Å². The average Bonchev–Trinajstić information content (AvgIpc) is 2.53. The molecular weight excluding hydrogens is 218 g/mol. The maximum Gasteiger partial charge on any atom is 0.252 e. The van der Waals surface area contributed by atoms with E-state index in [2.05, 4.69) is 24.6 Å². The van der Waals surface area contributed by atoms with E-state index in [1.807, 2.05) is 12.1 Å². The molecule has 3 atom stereocenters. The number of hydrazine groups is 1. The van der Waals surface area contributed by atoms with Crippen LogP contribution in [-0.2, 0) is 9.53 Å². The van der Waals surface area contributed by atoms with Gasteiger partial charge >= 0.3 is 0 Å². The molecule has 2 N–H and O–H groups in total. The fraction of sp³-hybridized carbons (Fsp3) is 0.917. The zero-order valence-electron chi connectivity index (χ0n) is 11.7. The topological polar surface area (TPSA) is 53.6 Å². The van der Waals surface area contributed by atoms with Gasteiger partial charge in [-0.3, -0.25) is 10.2 Å². The van der Waals surface area contributed by atoms with Crippen molar-refractivity contribution in [3.05, 3.63) is 0 Å². The highest BCUT2D eigenvalue weighted by atomic mass is 16.5. The van der Waals surface area contributed by atoms with Crippen LogP contribution in [0, 0.1) is 5.92 Å². The predicted octanol–water partition coefficient (Wildman–Crippen LogP) is 0.718. The first kappa shape index (κ1) is 14.4. The Hall–Kier alpha value is -0.650. The summed E-state index contributed by atoms with van der Waals surface area (Å²) in [6, 6.07) is 0.376. The summed E-state index contributed by atoms with van der Waals surface area (Å²) in [7, 11) is 3.51. The van der Waals surface area contributed by atoms with Gasteiger partial charge in [-0.2, -0.15) is 0 Å². The van der Waals surface area contributed by atoms with Gasteiger partial charge in [0.25, 0.3) is 5.91 Å². The van der Waals surface area contributed by atoms with Gasteiger partial charge in [-0.05, 0) is 27.2 Å². The van der Waals surface area contributed by atoms with E-state index in [0.29, 0.717) is 12.0 Å². The molecule has 0 bridgehead atoms. The SMILES string of the molecule is CCC1C(C)NN(C)C1NC(=O)C(C)(C)OC. The van der Waals surface area contributed by atoms with Crippen LogP contribution in [0.4, 0.5) is 0 Å². The Morgan fingerprint density at radius 1 is 1.53 bits per heavy atom. The number of nitrogens with zero attached hydrogens (tertiary/aromatic N) is 1. The number of hydrogen-bond acceptors (Lipinski definition) is 4. The average molecular weight is 243 g/mol. The number of nitrogens with one attached hydrogen (secondary N) is 2. The monoisotopic (exact) mass is 243 g/mol. The van der Waals surface area contributed by atoms with Crippen molar-refractivity contribution >= 4 is 5.91 Å². The molecule has 1 saturated heterocycles. The van der Waals surface area contributed by atoms with Gasteiger partial charge in [0.05, 0.1) is 6.17 Å². The largest absolute Gasteiger partial charge is 0.369 e. The van der Waals surface area contributed by atoms with Crippen LogP contribution >= 0.6 is 0 Å². The van der Waals surface area contributed by atoms with Crippen LogP contribution in [0.15, 0.2) is 0 Å². The number of hydrogen-bond donors (Lipinski definition) is 2. The molecule has 17 heavy (non-hydrogen) atoms. The Bertz CT molecular complexity index is 281. The normalized spacial score (nSPS) is 30.6. The number of ether oxygens (including phenoxy) is 1. The Kier molecular flexibility index (Phi) is 4.52. The first-order valence-corrected chi connectivity index (χ1v) is 6.18. The molecule has 0 spiro atoms. The molecule has 1 rings (SSSR count). The van der Waals surface area contributed by atoms with E-state index in [4.69, 9.17) is 4.74 Å². The van der Waals surface area contributed by atoms with Crippen LogP contribution in [0.1, 0.15) is 34.1 Å². The van der Waals surface area contributed by atoms with E-state index < -0.39 is 5.60 Å². The molecule has 0 saturated carbocycles. The van der Waals surface area contributed by atoms with Crippen LogP contribution in [-0.4, -0.2) is 42.9 Å². The molecule has 1 aliphatic rings. The van der Waals surface area contributed by atoms with Gasteiger partial charge in [0.1, 0.15) is 5.60 Å². The number of methoxy groups -OCH3 is 1. The van der Waals surface area contributed by atoms with Crippen molar-refractivity contribution in [3.63, 3.8) is 0 Å². The van der Waals surface area contributed by atoms with E-state index >= 15 is 0 Å². The minimum atomic E-state index is -0.787. The fourth-order valence-electron chi connectivity index (χ4n) is 2.24. The van der Waals surface area contributed by atoms with Crippen molar-refractivity contribution in [3.8, 4) is 0 Å². The molecular formula is C12H25N3O2. The summed E-state index contributed by atoms with van der Waals surface area (Å²) in [5.74, 6) is 0.336. The smallest absolute Gasteiger partial charge is 0.252 e. The highest BCUT2D eigenvalue weighted by molar-refractivity contribution is 5.84. The van der Waals surface area contributed by atoms with E-state index in [9.17, 15) is 4.79 Å².